The largest absolute Gasteiger partial charge is 0.481 e. The van der Waals surface area contributed by atoms with Crippen molar-refractivity contribution < 1.29 is 18.3 Å². The number of benzene rings is 1. The fourth-order valence-corrected chi connectivity index (χ4v) is 5.72. The lowest BCUT2D eigenvalue weighted by Gasteiger charge is -2.27. The number of carbonyl (C=O) groups excluding carboxylic acids is 1. The maximum atomic E-state index is 14.1. The molecule has 5 rings (SSSR count). The van der Waals surface area contributed by atoms with Crippen LogP contribution in [0.2, 0.25) is 0 Å². The summed E-state index contributed by atoms with van der Waals surface area (Å²) in [5.74, 6) is -0.828. The number of carbonyl (C=O) groups is 1. The quantitative estimate of drug-likeness (QED) is 0.375. The molecule has 1 atom stereocenters. The molecule has 1 saturated carbocycles. The van der Waals surface area contributed by atoms with Gasteiger partial charge in [-0.3, -0.25) is 4.79 Å². The number of ether oxygens (including phenoxy) is 1. The van der Waals surface area contributed by atoms with Crippen molar-refractivity contribution in [3.63, 3.8) is 0 Å². The Bertz CT molecular complexity index is 1400. The van der Waals surface area contributed by atoms with Gasteiger partial charge in [-0.15, -0.1) is 21.5 Å². The van der Waals surface area contributed by atoms with Crippen LogP contribution in [0.3, 0.4) is 0 Å². The SMILES string of the molecule is COc1c(C(C)(CNC(=O)c2nnc(-c3ccc(F)cc3F)s2)c2nc(C3CC3)cs2)cnn1C. The zero-order chi connectivity index (χ0) is 24.7. The zero-order valence-corrected chi connectivity index (χ0v) is 20.8. The van der Waals surface area contributed by atoms with E-state index in [1.807, 2.05) is 6.92 Å². The Balaban J connectivity index is 1.41. The number of methoxy groups -OCH3 is 1. The van der Waals surface area contributed by atoms with Crippen molar-refractivity contribution in [3.05, 3.63) is 62.7 Å². The van der Waals surface area contributed by atoms with Gasteiger partial charge in [-0.2, -0.15) is 5.10 Å². The minimum atomic E-state index is -0.764. The van der Waals surface area contributed by atoms with Gasteiger partial charge in [-0.25, -0.2) is 18.4 Å². The summed E-state index contributed by atoms with van der Waals surface area (Å²) in [5.41, 5.74) is 1.23. The molecular weight excluding hydrogens is 494 g/mol. The molecule has 0 spiro atoms. The van der Waals surface area contributed by atoms with Crippen LogP contribution in [-0.4, -0.2) is 44.5 Å². The minimum Gasteiger partial charge on any atom is -0.481 e. The molecule has 8 nitrogen and oxygen atoms in total. The highest BCUT2D eigenvalue weighted by Gasteiger charge is 2.39. The molecule has 0 bridgehead atoms. The topological polar surface area (TPSA) is 94.8 Å². The first-order chi connectivity index (χ1) is 16.8. The van der Waals surface area contributed by atoms with Gasteiger partial charge >= 0.3 is 0 Å². The molecule has 35 heavy (non-hydrogen) atoms. The van der Waals surface area contributed by atoms with Crippen molar-refractivity contribution in [2.24, 2.45) is 7.05 Å². The van der Waals surface area contributed by atoms with E-state index < -0.39 is 23.0 Å². The molecule has 1 aromatic carbocycles. The number of nitrogens with zero attached hydrogens (tertiary/aromatic N) is 5. The molecule has 0 radical (unpaired) electrons. The van der Waals surface area contributed by atoms with Crippen LogP contribution in [0.1, 0.15) is 51.8 Å². The lowest BCUT2D eigenvalue weighted by atomic mass is 9.84. The molecule has 3 heterocycles. The van der Waals surface area contributed by atoms with E-state index in [4.69, 9.17) is 9.72 Å². The third kappa shape index (κ3) is 4.43. The Morgan fingerprint density at radius 1 is 1.31 bits per heavy atom. The maximum Gasteiger partial charge on any atom is 0.282 e. The number of thiazole rings is 1. The van der Waals surface area contributed by atoms with Crippen LogP contribution in [0.25, 0.3) is 10.6 Å². The van der Waals surface area contributed by atoms with Crippen LogP contribution < -0.4 is 10.1 Å². The van der Waals surface area contributed by atoms with Gasteiger partial charge in [0.15, 0.2) is 5.01 Å². The second-order valence-electron chi connectivity index (χ2n) is 8.59. The standard InChI is InChI=1S/C23H22F2N6O2S2/c1-23(15-9-27-31(2)21(15)33-3,22-28-17(10-34-22)12-4-5-12)11-26-18(32)20-30-29-19(35-20)14-7-6-13(24)8-16(14)25/h6-10,12H,4-5,11H2,1-3H3,(H,26,32). The van der Waals surface area contributed by atoms with Crippen LogP contribution >= 0.6 is 22.7 Å². The summed E-state index contributed by atoms with van der Waals surface area (Å²) >= 11 is 2.48. The third-order valence-corrected chi connectivity index (χ3v) is 8.12. The van der Waals surface area contributed by atoms with Crippen molar-refractivity contribution in [3.8, 4) is 16.5 Å². The molecule has 1 aliphatic rings. The number of halogens is 2. The minimum absolute atomic E-state index is 0.0713. The summed E-state index contributed by atoms with van der Waals surface area (Å²) in [6.45, 7) is 2.19. The average Bonchev–Trinajstić information content (AvgIpc) is 3.23. The monoisotopic (exact) mass is 516 g/mol. The Kier molecular flexibility index (Phi) is 6.09. The number of nitrogens with one attached hydrogen (secondary N) is 1. The van der Waals surface area contributed by atoms with Crippen molar-refractivity contribution in [1.82, 2.24) is 30.3 Å². The van der Waals surface area contributed by atoms with E-state index >= 15 is 0 Å². The van der Waals surface area contributed by atoms with Crippen LogP contribution in [0.5, 0.6) is 5.88 Å². The first-order valence-electron chi connectivity index (χ1n) is 10.9. The number of aryl methyl sites for hydroxylation is 1. The lowest BCUT2D eigenvalue weighted by Crippen LogP contribution is -2.39. The predicted octanol–water partition coefficient (Wildman–Crippen LogP) is 4.30. The van der Waals surface area contributed by atoms with Crippen molar-refractivity contribution >= 4 is 28.6 Å². The second-order valence-corrected chi connectivity index (χ2v) is 10.4. The van der Waals surface area contributed by atoms with Gasteiger partial charge < -0.3 is 10.1 Å². The molecule has 0 aliphatic heterocycles. The van der Waals surface area contributed by atoms with E-state index in [9.17, 15) is 13.6 Å². The van der Waals surface area contributed by atoms with Crippen molar-refractivity contribution in [1.29, 1.82) is 0 Å². The van der Waals surface area contributed by atoms with Gasteiger partial charge in [-0.1, -0.05) is 11.3 Å². The van der Waals surface area contributed by atoms with Gasteiger partial charge in [0.2, 0.25) is 10.9 Å². The molecule has 1 amide bonds. The highest BCUT2D eigenvalue weighted by molar-refractivity contribution is 7.16. The summed E-state index contributed by atoms with van der Waals surface area (Å²) in [7, 11) is 3.37. The van der Waals surface area contributed by atoms with Crippen LogP contribution in [0.4, 0.5) is 8.78 Å². The number of amides is 1. The molecular formula is C23H22F2N6O2S2. The molecule has 1 fully saturated rings. The van der Waals surface area contributed by atoms with E-state index in [1.165, 1.54) is 6.07 Å². The van der Waals surface area contributed by atoms with E-state index in [2.05, 4.69) is 26.0 Å². The molecule has 182 valence electrons. The summed E-state index contributed by atoms with van der Waals surface area (Å²) in [6, 6.07) is 3.18. The fraction of sp³-hybridized carbons (Fsp3) is 0.348. The highest BCUT2D eigenvalue weighted by Crippen LogP contribution is 2.44. The van der Waals surface area contributed by atoms with Crippen molar-refractivity contribution in [2.75, 3.05) is 13.7 Å². The van der Waals surface area contributed by atoms with Crippen LogP contribution in [0.15, 0.2) is 29.8 Å². The average molecular weight is 517 g/mol. The molecule has 1 aliphatic carbocycles. The Hall–Kier alpha value is -3.25. The summed E-state index contributed by atoms with van der Waals surface area (Å²) in [4.78, 5) is 17.9. The Morgan fingerprint density at radius 3 is 2.83 bits per heavy atom. The molecule has 4 aromatic rings. The molecule has 3 aromatic heterocycles. The first-order valence-corrected chi connectivity index (χ1v) is 12.6. The molecule has 1 N–H and O–H groups in total. The summed E-state index contributed by atoms with van der Waals surface area (Å²) in [6.07, 6.45) is 4.01. The summed E-state index contributed by atoms with van der Waals surface area (Å²) in [5, 5.41) is 18.3. The van der Waals surface area contributed by atoms with Gasteiger partial charge in [0.25, 0.3) is 5.91 Å². The van der Waals surface area contributed by atoms with E-state index in [-0.39, 0.29) is 22.1 Å². The highest BCUT2D eigenvalue weighted by atomic mass is 32.1. The van der Waals surface area contributed by atoms with Gasteiger partial charge in [-0.05, 0) is 31.9 Å². The third-order valence-electron chi connectivity index (χ3n) is 6.05. The number of hydrogen-bond acceptors (Lipinski definition) is 8. The smallest absolute Gasteiger partial charge is 0.282 e. The van der Waals surface area contributed by atoms with E-state index in [0.29, 0.717) is 11.8 Å². The number of hydrogen-bond donors (Lipinski definition) is 1. The Labute approximate surface area is 208 Å². The normalized spacial score (nSPS) is 15.1. The summed E-state index contributed by atoms with van der Waals surface area (Å²) < 4.78 is 34.6. The zero-order valence-electron chi connectivity index (χ0n) is 19.2. The maximum absolute atomic E-state index is 14.1. The first kappa shape index (κ1) is 23.5. The van der Waals surface area contributed by atoms with E-state index in [1.54, 1.807) is 36.4 Å². The van der Waals surface area contributed by atoms with Crippen LogP contribution in [0, 0.1) is 11.6 Å². The van der Waals surface area contributed by atoms with Gasteiger partial charge in [0.1, 0.15) is 16.6 Å². The van der Waals surface area contributed by atoms with Crippen LogP contribution in [-0.2, 0) is 12.5 Å². The number of aromatic nitrogens is 5. The number of rotatable bonds is 8. The molecule has 1 unspecified atom stereocenters. The van der Waals surface area contributed by atoms with E-state index in [0.717, 1.165) is 52.6 Å². The van der Waals surface area contributed by atoms with Gasteiger partial charge in [0, 0.05) is 42.1 Å². The molecule has 0 saturated heterocycles. The lowest BCUT2D eigenvalue weighted by molar-refractivity contribution is 0.0946. The molecule has 12 heteroatoms. The fourth-order valence-electron chi connectivity index (χ4n) is 3.86. The Morgan fingerprint density at radius 2 is 2.11 bits per heavy atom. The van der Waals surface area contributed by atoms with Crippen molar-refractivity contribution in [2.45, 2.75) is 31.1 Å². The van der Waals surface area contributed by atoms with Gasteiger partial charge in [0.05, 0.1) is 24.4 Å². The second kappa shape index (κ2) is 9.08. The predicted molar refractivity (Wildman–Crippen MR) is 128 cm³/mol.